The van der Waals surface area contributed by atoms with Crippen LogP contribution in [0.4, 0.5) is 0 Å². The minimum absolute atomic E-state index is 0.0124. The van der Waals surface area contributed by atoms with Crippen LogP contribution in [0.1, 0.15) is 42.6 Å². The molecule has 0 saturated carbocycles. The van der Waals surface area contributed by atoms with Crippen LogP contribution >= 0.6 is 0 Å². The van der Waals surface area contributed by atoms with Gasteiger partial charge in [0.15, 0.2) is 0 Å². The van der Waals surface area contributed by atoms with Crippen molar-refractivity contribution in [2.24, 2.45) is 11.8 Å². The highest BCUT2D eigenvalue weighted by atomic mass is 16.5. The molecular formula is C30H37N3O4. The molecule has 0 N–H and O–H groups in total. The molecule has 2 aliphatic heterocycles. The van der Waals surface area contributed by atoms with Crippen molar-refractivity contribution in [2.45, 2.75) is 33.2 Å². The molecule has 3 amide bonds. The number of nitrogens with zero attached hydrogens (tertiary/aromatic N) is 3. The van der Waals surface area contributed by atoms with Crippen LogP contribution in [-0.4, -0.2) is 71.8 Å². The smallest absolute Gasteiger partial charge is 0.254 e. The maximum Gasteiger partial charge on any atom is 0.254 e. The number of benzene rings is 2. The molecule has 7 nitrogen and oxygen atoms in total. The zero-order valence-electron chi connectivity index (χ0n) is 21.8. The zero-order chi connectivity index (χ0) is 26.2. The van der Waals surface area contributed by atoms with Gasteiger partial charge in [0.2, 0.25) is 11.8 Å². The zero-order valence-corrected chi connectivity index (χ0v) is 21.8. The molecule has 0 aromatic heterocycles. The molecule has 1 fully saturated rings. The van der Waals surface area contributed by atoms with E-state index in [9.17, 15) is 14.4 Å². The van der Waals surface area contributed by atoms with E-state index in [2.05, 4.69) is 6.08 Å². The van der Waals surface area contributed by atoms with Crippen LogP contribution in [-0.2, 0) is 16.1 Å². The fourth-order valence-electron chi connectivity index (χ4n) is 5.23. The fraction of sp³-hybridized carbons (Fsp3) is 0.433. The topological polar surface area (TPSA) is 70.2 Å². The molecule has 4 rings (SSSR count). The van der Waals surface area contributed by atoms with E-state index in [0.717, 1.165) is 12.0 Å². The summed E-state index contributed by atoms with van der Waals surface area (Å²) in [7, 11) is 0. The van der Waals surface area contributed by atoms with Crippen molar-refractivity contribution in [1.82, 2.24) is 14.7 Å². The van der Waals surface area contributed by atoms with Gasteiger partial charge in [-0.15, -0.1) is 0 Å². The number of fused-ring (bicyclic) bond motifs is 3. The van der Waals surface area contributed by atoms with Crippen LogP contribution in [0.25, 0.3) is 0 Å². The maximum atomic E-state index is 13.5. The van der Waals surface area contributed by atoms with E-state index in [1.54, 1.807) is 17.0 Å². The van der Waals surface area contributed by atoms with Crippen LogP contribution in [0.3, 0.4) is 0 Å². The molecule has 2 aromatic carbocycles. The third-order valence-corrected chi connectivity index (χ3v) is 7.40. The van der Waals surface area contributed by atoms with Crippen molar-refractivity contribution >= 4 is 17.7 Å². The van der Waals surface area contributed by atoms with E-state index >= 15 is 0 Å². The first kappa shape index (κ1) is 26.5. The van der Waals surface area contributed by atoms with Gasteiger partial charge in [0, 0.05) is 43.7 Å². The third-order valence-electron chi connectivity index (χ3n) is 7.40. The van der Waals surface area contributed by atoms with E-state index < -0.39 is 0 Å². The van der Waals surface area contributed by atoms with Crippen LogP contribution < -0.4 is 4.74 Å². The van der Waals surface area contributed by atoms with Gasteiger partial charge in [-0.2, -0.15) is 0 Å². The van der Waals surface area contributed by atoms with Gasteiger partial charge in [-0.05, 0) is 50.3 Å². The van der Waals surface area contributed by atoms with Crippen molar-refractivity contribution in [3.63, 3.8) is 0 Å². The summed E-state index contributed by atoms with van der Waals surface area (Å²) in [5, 5.41) is 0. The predicted octanol–water partition coefficient (Wildman–Crippen LogP) is 4.00. The molecule has 1 saturated heterocycles. The van der Waals surface area contributed by atoms with E-state index in [0.29, 0.717) is 50.5 Å². The van der Waals surface area contributed by atoms with E-state index in [-0.39, 0.29) is 42.6 Å². The molecule has 2 aliphatic rings. The summed E-state index contributed by atoms with van der Waals surface area (Å²) < 4.78 is 6.09. The average molecular weight is 504 g/mol. The molecule has 7 heteroatoms. The Labute approximate surface area is 219 Å². The van der Waals surface area contributed by atoms with Gasteiger partial charge in [0.25, 0.3) is 5.91 Å². The lowest BCUT2D eigenvalue weighted by Crippen LogP contribution is -2.48. The number of carbonyl (C=O) groups excluding carboxylic acids is 3. The minimum Gasteiger partial charge on any atom is -0.489 e. The molecule has 2 bridgehead atoms. The first-order valence-corrected chi connectivity index (χ1v) is 13.3. The summed E-state index contributed by atoms with van der Waals surface area (Å²) in [5.41, 5.74) is 1.40. The Bertz CT molecular complexity index is 1110. The number of para-hydroxylation sites is 1. The Morgan fingerprint density at radius 1 is 1.00 bits per heavy atom. The van der Waals surface area contributed by atoms with Crippen molar-refractivity contribution < 1.29 is 19.1 Å². The van der Waals surface area contributed by atoms with E-state index in [1.807, 2.05) is 72.2 Å². The fourth-order valence-corrected chi connectivity index (χ4v) is 5.23. The number of hydrogen-bond donors (Lipinski definition) is 0. The highest BCUT2D eigenvalue weighted by molar-refractivity contribution is 5.96. The molecule has 0 spiro atoms. The monoisotopic (exact) mass is 503 g/mol. The van der Waals surface area contributed by atoms with Gasteiger partial charge in [-0.1, -0.05) is 48.6 Å². The molecule has 196 valence electrons. The summed E-state index contributed by atoms with van der Waals surface area (Å²) in [6.07, 6.45) is 5.32. The Morgan fingerprint density at radius 2 is 1.73 bits per heavy atom. The van der Waals surface area contributed by atoms with Gasteiger partial charge in [0.1, 0.15) is 18.9 Å². The SMILES string of the molecule is CCN(CC)C(=O)C[C@@H]1CCN2C[C@@H]1/C=C\COc1ccccc1CN(C(=O)c1ccccc1)CC2=O. The molecule has 2 aromatic rings. The quantitative estimate of drug-likeness (QED) is 0.579. The third kappa shape index (κ3) is 6.59. The van der Waals surface area contributed by atoms with Crippen LogP contribution in [0.2, 0.25) is 0 Å². The number of rotatable bonds is 5. The molecule has 2 atom stereocenters. The molecule has 0 radical (unpaired) electrons. The number of ether oxygens (including phenoxy) is 1. The highest BCUT2D eigenvalue weighted by Gasteiger charge is 2.33. The maximum absolute atomic E-state index is 13.5. The van der Waals surface area contributed by atoms with Crippen molar-refractivity contribution in [3.8, 4) is 5.75 Å². The van der Waals surface area contributed by atoms with Gasteiger partial charge < -0.3 is 19.4 Å². The molecule has 2 heterocycles. The number of carbonyl (C=O) groups is 3. The largest absolute Gasteiger partial charge is 0.489 e. The van der Waals surface area contributed by atoms with Crippen LogP contribution in [0.15, 0.2) is 66.7 Å². The second-order valence-electron chi connectivity index (χ2n) is 9.70. The first-order chi connectivity index (χ1) is 18.0. The Balaban J connectivity index is 1.60. The Kier molecular flexibility index (Phi) is 8.99. The van der Waals surface area contributed by atoms with Crippen LogP contribution in [0.5, 0.6) is 5.75 Å². The second kappa shape index (κ2) is 12.6. The van der Waals surface area contributed by atoms with Gasteiger partial charge in [0.05, 0.1) is 6.54 Å². The lowest BCUT2D eigenvalue weighted by Gasteiger charge is -2.38. The van der Waals surface area contributed by atoms with Crippen molar-refractivity contribution in [3.05, 3.63) is 77.9 Å². The average Bonchev–Trinajstić information content (AvgIpc) is 2.93. The highest BCUT2D eigenvalue weighted by Crippen LogP contribution is 2.30. The summed E-state index contributed by atoms with van der Waals surface area (Å²) >= 11 is 0. The van der Waals surface area contributed by atoms with Gasteiger partial charge >= 0.3 is 0 Å². The van der Waals surface area contributed by atoms with Crippen molar-refractivity contribution in [2.75, 3.05) is 39.3 Å². The van der Waals surface area contributed by atoms with Crippen LogP contribution in [0, 0.1) is 11.8 Å². The van der Waals surface area contributed by atoms with Gasteiger partial charge in [-0.3, -0.25) is 14.4 Å². The van der Waals surface area contributed by atoms with E-state index in [4.69, 9.17) is 4.74 Å². The second-order valence-corrected chi connectivity index (χ2v) is 9.70. The molecule has 0 aliphatic carbocycles. The Morgan fingerprint density at radius 3 is 2.49 bits per heavy atom. The summed E-state index contributed by atoms with van der Waals surface area (Å²) in [6.45, 7) is 7.16. The lowest BCUT2D eigenvalue weighted by atomic mass is 9.82. The number of hydrogen-bond acceptors (Lipinski definition) is 4. The lowest BCUT2D eigenvalue weighted by molar-refractivity contribution is -0.135. The molecular weight excluding hydrogens is 466 g/mol. The molecule has 37 heavy (non-hydrogen) atoms. The Hall–Kier alpha value is -3.61. The number of amides is 3. The normalized spacial score (nSPS) is 21.0. The summed E-state index contributed by atoms with van der Waals surface area (Å²) in [5.74, 6) is 0.807. The summed E-state index contributed by atoms with van der Waals surface area (Å²) in [6, 6.07) is 16.7. The molecule has 0 unspecified atom stereocenters. The standard InChI is InChI=1S/C30H37N3O4/c1-3-31(4-2)28(34)19-24-16-17-32-20-25(24)14-10-18-37-27-15-9-8-13-26(27)21-33(22-29(32)35)30(36)23-11-6-5-7-12-23/h5-15,24-25H,3-4,16-22H2,1-2H3/b14-10-/t24-,25-/m0/s1. The van der Waals surface area contributed by atoms with Crippen molar-refractivity contribution in [1.29, 1.82) is 0 Å². The number of piperidine rings is 1. The van der Waals surface area contributed by atoms with Gasteiger partial charge in [-0.25, -0.2) is 0 Å². The first-order valence-electron chi connectivity index (χ1n) is 13.3. The van der Waals surface area contributed by atoms with E-state index in [1.165, 1.54) is 0 Å². The summed E-state index contributed by atoms with van der Waals surface area (Å²) in [4.78, 5) is 45.2. The predicted molar refractivity (Wildman–Crippen MR) is 143 cm³/mol. The minimum atomic E-state index is -0.187.